The summed E-state index contributed by atoms with van der Waals surface area (Å²) in [5.41, 5.74) is -0.409. The number of carbonyl (C=O) groups is 1. The van der Waals surface area contributed by atoms with Crippen molar-refractivity contribution >= 4 is 5.97 Å². The lowest BCUT2D eigenvalue weighted by molar-refractivity contribution is -0.161. The highest BCUT2D eigenvalue weighted by atomic mass is 16.6. The molecule has 3 heteroatoms. The van der Waals surface area contributed by atoms with Gasteiger partial charge in [-0.05, 0) is 47.6 Å². The van der Waals surface area contributed by atoms with E-state index in [1.807, 2.05) is 34.7 Å². The number of hydrogen-bond donors (Lipinski definition) is 0. The van der Waals surface area contributed by atoms with E-state index in [0.29, 0.717) is 12.0 Å². The van der Waals surface area contributed by atoms with Crippen LogP contribution in [0.25, 0.3) is 0 Å². The van der Waals surface area contributed by atoms with Crippen LogP contribution in [0.2, 0.25) is 0 Å². The Labute approximate surface area is 100 Å². The van der Waals surface area contributed by atoms with Crippen LogP contribution in [-0.2, 0) is 9.53 Å². The van der Waals surface area contributed by atoms with Gasteiger partial charge in [0.25, 0.3) is 0 Å². The molecule has 0 saturated carbocycles. The maximum Gasteiger partial charge on any atom is 0.323 e. The van der Waals surface area contributed by atoms with Crippen molar-refractivity contribution in [3.05, 3.63) is 0 Å². The summed E-state index contributed by atoms with van der Waals surface area (Å²) in [5, 5.41) is 0. The second kappa shape index (κ2) is 5.67. The average Bonchev–Trinajstić information content (AvgIpc) is 2.11. The number of rotatable bonds is 4. The van der Waals surface area contributed by atoms with Crippen LogP contribution in [0, 0.1) is 5.92 Å². The van der Waals surface area contributed by atoms with E-state index in [4.69, 9.17) is 4.74 Å². The van der Waals surface area contributed by atoms with Crippen molar-refractivity contribution in [2.45, 2.75) is 66.2 Å². The van der Waals surface area contributed by atoms with E-state index in [2.05, 4.69) is 25.7 Å². The molecule has 2 unspecified atom stereocenters. The van der Waals surface area contributed by atoms with Gasteiger partial charge in [0, 0.05) is 6.04 Å². The molecule has 0 radical (unpaired) electrons. The van der Waals surface area contributed by atoms with Crippen molar-refractivity contribution in [2.24, 2.45) is 5.92 Å². The monoisotopic (exact) mass is 229 g/mol. The van der Waals surface area contributed by atoms with Gasteiger partial charge in [0.05, 0.1) is 0 Å². The van der Waals surface area contributed by atoms with Gasteiger partial charge < -0.3 is 4.74 Å². The Morgan fingerprint density at radius 1 is 1.12 bits per heavy atom. The summed E-state index contributed by atoms with van der Waals surface area (Å²) in [7, 11) is 1.97. The van der Waals surface area contributed by atoms with Gasteiger partial charge >= 0.3 is 5.97 Å². The third kappa shape index (κ3) is 4.97. The Bertz CT molecular complexity index is 231. The van der Waals surface area contributed by atoms with Gasteiger partial charge in [-0.2, -0.15) is 0 Å². The predicted molar refractivity (Wildman–Crippen MR) is 67.4 cm³/mol. The molecule has 0 aromatic carbocycles. The molecule has 0 aliphatic rings. The highest BCUT2D eigenvalue weighted by molar-refractivity contribution is 5.75. The summed E-state index contributed by atoms with van der Waals surface area (Å²) in [6.07, 6.45) is 0. The number of carbonyl (C=O) groups excluding carboxylic acids is 1. The third-order valence-corrected chi connectivity index (χ3v) is 2.97. The van der Waals surface area contributed by atoms with Crippen molar-refractivity contribution in [2.75, 3.05) is 7.05 Å². The first kappa shape index (κ1) is 15.4. The lowest BCUT2D eigenvalue weighted by Gasteiger charge is -2.33. The summed E-state index contributed by atoms with van der Waals surface area (Å²) in [6, 6.07) is 0.166. The van der Waals surface area contributed by atoms with E-state index >= 15 is 0 Å². The average molecular weight is 229 g/mol. The van der Waals surface area contributed by atoms with E-state index < -0.39 is 5.60 Å². The molecule has 3 nitrogen and oxygen atoms in total. The second-order valence-electron chi connectivity index (χ2n) is 5.86. The van der Waals surface area contributed by atoms with Crippen LogP contribution >= 0.6 is 0 Å². The Balaban J connectivity index is 4.44. The zero-order chi connectivity index (χ0) is 13.1. The van der Waals surface area contributed by atoms with Crippen LogP contribution in [0.3, 0.4) is 0 Å². The molecule has 0 heterocycles. The zero-order valence-corrected chi connectivity index (χ0v) is 12.0. The van der Waals surface area contributed by atoms with Crippen LogP contribution < -0.4 is 0 Å². The summed E-state index contributed by atoms with van der Waals surface area (Å²) in [6.45, 7) is 14.0. The molecule has 0 bridgehead atoms. The van der Waals surface area contributed by atoms with Crippen LogP contribution in [0.15, 0.2) is 0 Å². The Hall–Kier alpha value is -0.570. The van der Waals surface area contributed by atoms with Gasteiger partial charge in [-0.25, -0.2) is 0 Å². The molecule has 0 aliphatic heterocycles. The normalized spacial score (nSPS) is 16.4. The van der Waals surface area contributed by atoms with Gasteiger partial charge in [0.2, 0.25) is 0 Å². The Kier molecular flexibility index (Phi) is 5.47. The summed E-state index contributed by atoms with van der Waals surface area (Å²) < 4.78 is 5.37. The van der Waals surface area contributed by atoms with Crippen LogP contribution in [0.1, 0.15) is 48.5 Å². The number of esters is 1. The van der Waals surface area contributed by atoms with Crippen LogP contribution in [0.5, 0.6) is 0 Å². The molecule has 0 fully saturated rings. The molecule has 0 amide bonds. The van der Waals surface area contributed by atoms with Crippen LogP contribution in [-0.4, -0.2) is 35.6 Å². The fourth-order valence-electron chi connectivity index (χ4n) is 1.38. The minimum absolute atomic E-state index is 0.150. The second-order valence-corrected chi connectivity index (χ2v) is 5.86. The number of hydrogen-bond acceptors (Lipinski definition) is 3. The minimum atomic E-state index is -0.409. The Morgan fingerprint density at radius 2 is 1.56 bits per heavy atom. The zero-order valence-electron chi connectivity index (χ0n) is 12.0. The van der Waals surface area contributed by atoms with Crippen molar-refractivity contribution in [3.8, 4) is 0 Å². The molecule has 96 valence electrons. The molecule has 0 spiro atoms. The maximum atomic E-state index is 11.9. The highest BCUT2D eigenvalue weighted by Gasteiger charge is 2.27. The molecule has 0 rings (SSSR count). The first-order valence-electron chi connectivity index (χ1n) is 6.01. The first-order valence-corrected chi connectivity index (χ1v) is 6.01. The molecule has 0 saturated heterocycles. The molecule has 16 heavy (non-hydrogen) atoms. The molecule has 0 aromatic heterocycles. The van der Waals surface area contributed by atoms with E-state index in [9.17, 15) is 4.79 Å². The quantitative estimate of drug-likeness (QED) is 0.694. The van der Waals surface area contributed by atoms with E-state index in [1.54, 1.807) is 0 Å². The Morgan fingerprint density at radius 3 is 1.88 bits per heavy atom. The van der Waals surface area contributed by atoms with Crippen molar-refractivity contribution in [1.82, 2.24) is 4.90 Å². The molecular weight excluding hydrogens is 202 g/mol. The lowest BCUT2D eigenvalue weighted by Crippen LogP contribution is -2.46. The first-order chi connectivity index (χ1) is 7.06. The largest absolute Gasteiger partial charge is 0.459 e. The minimum Gasteiger partial charge on any atom is -0.459 e. The van der Waals surface area contributed by atoms with Gasteiger partial charge in [-0.1, -0.05) is 13.8 Å². The standard InChI is InChI=1S/C13H27NO2/c1-9(2)10(3)14(8)11(4)12(15)16-13(5,6)7/h9-11H,1-8H3. The third-order valence-electron chi connectivity index (χ3n) is 2.97. The lowest BCUT2D eigenvalue weighted by atomic mass is 10.0. The maximum absolute atomic E-state index is 11.9. The summed E-state index contributed by atoms with van der Waals surface area (Å²) >= 11 is 0. The van der Waals surface area contributed by atoms with Crippen molar-refractivity contribution in [3.63, 3.8) is 0 Å². The van der Waals surface area contributed by atoms with Gasteiger partial charge in [-0.3, -0.25) is 9.69 Å². The summed E-state index contributed by atoms with van der Waals surface area (Å²) in [4.78, 5) is 13.9. The van der Waals surface area contributed by atoms with Crippen LogP contribution in [0.4, 0.5) is 0 Å². The molecular formula is C13H27NO2. The fraction of sp³-hybridized carbons (Fsp3) is 0.923. The SMILES string of the molecule is CC(C)C(C)N(C)C(C)C(=O)OC(C)(C)C. The molecule has 0 N–H and O–H groups in total. The fourth-order valence-corrected chi connectivity index (χ4v) is 1.38. The number of likely N-dealkylation sites (N-methyl/N-ethyl adjacent to an activating group) is 1. The summed E-state index contributed by atoms with van der Waals surface area (Å²) in [5.74, 6) is 0.373. The topological polar surface area (TPSA) is 29.5 Å². The van der Waals surface area contributed by atoms with Crippen molar-refractivity contribution in [1.29, 1.82) is 0 Å². The molecule has 0 aliphatic carbocycles. The van der Waals surface area contributed by atoms with Gasteiger partial charge in [-0.15, -0.1) is 0 Å². The number of nitrogens with zero attached hydrogens (tertiary/aromatic N) is 1. The molecule has 2 atom stereocenters. The molecule has 0 aromatic rings. The number of ether oxygens (including phenoxy) is 1. The van der Waals surface area contributed by atoms with Gasteiger partial charge in [0.15, 0.2) is 0 Å². The van der Waals surface area contributed by atoms with Crippen molar-refractivity contribution < 1.29 is 9.53 Å². The van der Waals surface area contributed by atoms with E-state index in [1.165, 1.54) is 0 Å². The van der Waals surface area contributed by atoms with E-state index in [0.717, 1.165) is 0 Å². The van der Waals surface area contributed by atoms with Gasteiger partial charge in [0.1, 0.15) is 11.6 Å². The van der Waals surface area contributed by atoms with E-state index in [-0.39, 0.29) is 12.0 Å². The smallest absolute Gasteiger partial charge is 0.323 e. The highest BCUT2D eigenvalue weighted by Crippen LogP contribution is 2.15. The predicted octanol–water partition coefficient (Wildman–Crippen LogP) is 2.69.